The number of likely N-dealkylation sites (N-methyl/N-ethyl adjacent to an activating group) is 1. The molecule has 1 heterocycles. The van der Waals surface area contributed by atoms with E-state index >= 15 is 0 Å². The number of carbonyl (C=O) groups excluding carboxylic acids is 1. The van der Waals surface area contributed by atoms with Crippen LogP contribution in [0.4, 0.5) is 5.69 Å². The maximum Gasteiger partial charge on any atom is 0.227 e. The van der Waals surface area contributed by atoms with Crippen molar-refractivity contribution in [3.63, 3.8) is 0 Å². The van der Waals surface area contributed by atoms with Crippen molar-refractivity contribution in [3.05, 3.63) is 47.8 Å². The van der Waals surface area contributed by atoms with Crippen molar-refractivity contribution < 1.29 is 4.79 Å². The van der Waals surface area contributed by atoms with Crippen molar-refractivity contribution in [2.75, 3.05) is 12.3 Å². The molecule has 0 saturated carbocycles. The van der Waals surface area contributed by atoms with Crippen LogP contribution in [-0.2, 0) is 24.8 Å². The molecule has 5 nitrogen and oxygen atoms in total. The van der Waals surface area contributed by atoms with Gasteiger partial charge in [-0.05, 0) is 24.6 Å². The molecule has 0 saturated heterocycles. The van der Waals surface area contributed by atoms with E-state index in [-0.39, 0.29) is 30.7 Å². The summed E-state index contributed by atoms with van der Waals surface area (Å²) < 4.78 is 1.74. The highest BCUT2D eigenvalue weighted by molar-refractivity contribution is 5.85. The fraction of sp³-hybridized carbons (Fsp3) is 0.333. The second kappa shape index (κ2) is 9.33. The summed E-state index contributed by atoms with van der Waals surface area (Å²) in [4.78, 5) is 14.1. The Morgan fingerprint density at radius 3 is 2.36 bits per heavy atom. The van der Waals surface area contributed by atoms with Crippen LogP contribution in [0.2, 0.25) is 0 Å². The summed E-state index contributed by atoms with van der Waals surface area (Å²) in [5.41, 5.74) is 8.38. The normalized spacial score (nSPS) is 9.55. The van der Waals surface area contributed by atoms with Crippen molar-refractivity contribution in [2.45, 2.75) is 19.9 Å². The standard InChI is InChI=1S/C15H20N4O.2ClH/c1-3-19(11-13-9-17-18(2)10-13)15(20)8-12-4-6-14(16)7-5-12;;/h4-7,9-10H,3,8,11,16H2,1-2H3;2*1H. The average molecular weight is 345 g/mol. The van der Waals surface area contributed by atoms with Gasteiger partial charge in [-0.1, -0.05) is 12.1 Å². The van der Waals surface area contributed by atoms with Crippen LogP contribution in [0.15, 0.2) is 36.7 Å². The van der Waals surface area contributed by atoms with E-state index in [0.717, 1.165) is 11.1 Å². The third kappa shape index (κ3) is 5.58. The zero-order chi connectivity index (χ0) is 14.5. The summed E-state index contributed by atoms with van der Waals surface area (Å²) in [5, 5.41) is 4.12. The van der Waals surface area contributed by atoms with Crippen molar-refractivity contribution in [1.82, 2.24) is 14.7 Å². The number of rotatable bonds is 5. The van der Waals surface area contributed by atoms with E-state index in [1.165, 1.54) is 0 Å². The van der Waals surface area contributed by atoms with E-state index in [4.69, 9.17) is 5.73 Å². The summed E-state index contributed by atoms with van der Waals surface area (Å²) >= 11 is 0. The van der Waals surface area contributed by atoms with Gasteiger partial charge < -0.3 is 10.6 Å². The predicted molar refractivity (Wildman–Crippen MR) is 93.4 cm³/mol. The number of amides is 1. The molecule has 1 aromatic carbocycles. The Balaban J connectivity index is 0.00000220. The molecule has 22 heavy (non-hydrogen) atoms. The predicted octanol–water partition coefficient (Wildman–Crippen LogP) is 2.44. The molecule has 2 aromatic rings. The minimum atomic E-state index is 0. The lowest BCUT2D eigenvalue weighted by atomic mass is 10.1. The van der Waals surface area contributed by atoms with Crippen LogP contribution in [0.25, 0.3) is 0 Å². The SMILES string of the molecule is CCN(Cc1cnn(C)c1)C(=O)Cc1ccc(N)cc1.Cl.Cl. The topological polar surface area (TPSA) is 64.2 Å². The summed E-state index contributed by atoms with van der Waals surface area (Å²) in [5.74, 6) is 0.112. The van der Waals surface area contributed by atoms with Crippen LogP contribution in [0.3, 0.4) is 0 Å². The number of hydrogen-bond donors (Lipinski definition) is 1. The zero-order valence-corrected chi connectivity index (χ0v) is 14.4. The molecule has 122 valence electrons. The number of nitrogens with zero attached hydrogens (tertiary/aromatic N) is 3. The molecule has 0 bridgehead atoms. The highest BCUT2D eigenvalue weighted by Gasteiger charge is 2.13. The number of nitrogen functional groups attached to an aromatic ring is 1. The summed E-state index contributed by atoms with van der Waals surface area (Å²) in [7, 11) is 1.87. The van der Waals surface area contributed by atoms with Gasteiger partial charge in [0.15, 0.2) is 0 Å². The van der Waals surface area contributed by atoms with E-state index in [0.29, 0.717) is 25.2 Å². The minimum absolute atomic E-state index is 0. The summed E-state index contributed by atoms with van der Waals surface area (Å²) in [6.07, 6.45) is 4.12. The van der Waals surface area contributed by atoms with Gasteiger partial charge in [0, 0.05) is 37.6 Å². The Morgan fingerprint density at radius 2 is 1.86 bits per heavy atom. The molecule has 2 rings (SSSR count). The van der Waals surface area contributed by atoms with Crippen molar-refractivity contribution >= 4 is 36.4 Å². The largest absolute Gasteiger partial charge is 0.399 e. The Hall–Kier alpha value is -1.72. The number of aromatic nitrogens is 2. The fourth-order valence-corrected chi connectivity index (χ4v) is 2.07. The molecule has 1 aromatic heterocycles. The van der Waals surface area contributed by atoms with Gasteiger partial charge in [-0.15, -0.1) is 24.8 Å². The van der Waals surface area contributed by atoms with E-state index in [9.17, 15) is 4.79 Å². The second-order valence-corrected chi connectivity index (χ2v) is 4.85. The first kappa shape index (κ1) is 20.3. The molecule has 0 unspecified atom stereocenters. The van der Waals surface area contributed by atoms with Gasteiger partial charge in [-0.3, -0.25) is 9.48 Å². The first-order chi connectivity index (χ1) is 9.58. The number of aryl methyl sites for hydroxylation is 1. The molecule has 0 aliphatic carbocycles. The lowest BCUT2D eigenvalue weighted by Crippen LogP contribution is -2.31. The summed E-state index contributed by atoms with van der Waals surface area (Å²) in [6.45, 7) is 3.26. The molecular weight excluding hydrogens is 323 g/mol. The minimum Gasteiger partial charge on any atom is -0.399 e. The number of halogens is 2. The van der Waals surface area contributed by atoms with Gasteiger partial charge in [0.2, 0.25) is 5.91 Å². The van der Waals surface area contributed by atoms with E-state index in [1.54, 1.807) is 10.9 Å². The maximum atomic E-state index is 12.3. The number of carbonyl (C=O) groups is 1. The smallest absolute Gasteiger partial charge is 0.227 e. The molecule has 0 aliphatic heterocycles. The third-order valence-corrected chi connectivity index (χ3v) is 3.20. The monoisotopic (exact) mass is 344 g/mol. The molecule has 2 N–H and O–H groups in total. The molecule has 0 aliphatic rings. The Morgan fingerprint density at radius 1 is 1.23 bits per heavy atom. The van der Waals surface area contributed by atoms with Crippen LogP contribution < -0.4 is 5.73 Å². The highest BCUT2D eigenvalue weighted by Crippen LogP contribution is 2.10. The van der Waals surface area contributed by atoms with Gasteiger partial charge in [0.05, 0.1) is 12.6 Å². The average Bonchev–Trinajstić information content (AvgIpc) is 2.84. The van der Waals surface area contributed by atoms with E-state index in [1.807, 2.05) is 49.3 Å². The van der Waals surface area contributed by atoms with E-state index in [2.05, 4.69) is 5.10 Å². The number of nitrogens with two attached hydrogens (primary N) is 1. The molecule has 0 radical (unpaired) electrons. The lowest BCUT2D eigenvalue weighted by molar-refractivity contribution is -0.130. The van der Waals surface area contributed by atoms with Crippen LogP contribution in [0.1, 0.15) is 18.1 Å². The van der Waals surface area contributed by atoms with Crippen molar-refractivity contribution in [3.8, 4) is 0 Å². The third-order valence-electron chi connectivity index (χ3n) is 3.20. The van der Waals surface area contributed by atoms with Crippen LogP contribution in [-0.4, -0.2) is 27.1 Å². The summed E-state index contributed by atoms with van der Waals surface area (Å²) in [6, 6.07) is 7.43. The molecule has 0 spiro atoms. The van der Waals surface area contributed by atoms with E-state index < -0.39 is 0 Å². The Kier molecular flexibility index (Phi) is 8.60. The number of hydrogen-bond acceptors (Lipinski definition) is 3. The molecule has 7 heteroatoms. The first-order valence-corrected chi connectivity index (χ1v) is 6.68. The van der Waals surface area contributed by atoms with Gasteiger partial charge in [0.25, 0.3) is 0 Å². The first-order valence-electron chi connectivity index (χ1n) is 6.68. The van der Waals surface area contributed by atoms with Gasteiger partial charge >= 0.3 is 0 Å². The van der Waals surface area contributed by atoms with Crippen LogP contribution in [0.5, 0.6) is 0 Å². The van der Waals surface area contributed by atoms with Crippen LogP contribution in [0, 0.1) is 0 Å². The van der Waals surface area contributed by atoms with Crippen molar-refractivity contribution in [2.24, 2.45) is 7.05 Å². The van der Waals surface area contributed by atoms with Gasteiger partial charge in [-0.2, -0.15) is 5.10 Å². The molecule has 1 amide bonds. The maximum absolute atomic E-state index is 12.3. The highest BCUT2D eigenvalue weighted by atomic mass is 35.5. The zero-order valence-electron chi connectivity index (χ0n) is 12.7. The van der Waals surface area contributed by atoms with Gasteiger partial charge in [0.1, 0.15) is 0 Å². The second-order valence-electron chi connectivity index (χ2n) is 4.85. The molecule has 0 atom stereocenters. The molecule has 0 fully saturated rings. The quantitative estimate of drug-likeness (QED) is 0.847. The fourth-order valence-electron chi connectivity index (χ4n) is 2.07. The number of anilines is 1. The van der Waals surface area contributed by atoms with Gasteiger partial charge in [-0.25, -0.2) is 0 Å². The lowest BCUT2D eigenvalue weighted by Gasteiger charge is -2.20. The molecular formula is C15H22Cl2N4O. The number of benzene rings is 1. The van der Waals surface area contributed by atoms with Crippen molar-refractivity contribution in [1.29, 1.82) is 0 Å². The Bertz CT molecular complexity index is 583. The Labute approximate surface area is 143 Å². The van der Waals surface area contributed by atoms with Crippen LogP contribution >= 0.6 is 24.8 Å².